The molecule has 0 radical (unpaired) electrons. The van der Waals surface area contributed by atoms with Crippen LogP contribution < -0.4 is 17.2 Å². The van der Waals surface area contributed by atoms with E-state index < -0.39 is 42.1 Å². The maximum absolute atomic E-state index is 9.81. The van der Waals surface area contributed by atoms with E-state index in [-0.39, 0.29) is 13.2 Å². The Labute approximate surface area is 158 Å². The third-order valence-electron chi connectivity index (χ3n) is 2.69. The van der Waals surface area contributed by atoms with Crippen molar-refractivity contribution in [3.63, 3.8) is 0 Å². The molecular weight excluding hydrogens is 366 g/mol. The Hall–Kier alpha value is -1.83. The van der Waals surface area contributed by atoms with Crippen LogP contribution >= 0.6 is 0 Å². The van der Waals surface area contributed by atoms with Crippen molar-refractivity contribution in [3.05, 3.63) is 0 Å². The molecule has 0 bridgehead atoms. The Balaban J connectivity index is -0.000000131. The van der Waals surface area contributed by atoms with Gasteiger partial charge in [-0.2, -0.15) is 0 Å². The second-order valence-electron chi connectivity index (χ2n) is 5.08. The number of nitrogens with two attached hydrogens (primary N) is 3. The van der Waals surface area contributed by atoms with Gasteiger partial charge in [0.25, 0.3) is 0 Å². The van der Waals surface area contributed by atoms with E-state index in [4.69, 9.17) is 47.8 Å². The third kappa shape index (κ3) is 29.2. The standard InChI is InChI=1S/3C4H9NO2.C3H8O3/c3*1-2-3(5)4(6)7;4-1-3(6)2-5/h3*3H,2,5H2,1H3,(H,6,7);3-6H,1-2H2. The number of rotatable bonds is 8. The van der Waals surface area contributed by atoms with Gasteiger partial charge >= 0.3 is 17.9 Å². The van der Waals surface area contributed by atoms with Crippen LogP contribution in [0.15, 0.2) is 0 Å². The summed E-state index contributed by atoms with van der Waals surface area (Å²) in [6.07, 6.45) is 0.532. The van der Waals surface area contributed by atoms with E-state index in [1.165, 1.54) is 0 Å². The van der Waals surface area contributed by atoms with Crippen LogP contribution in [-0.4, -0.2) is 86.0 Å². The Bertz CT molecular complexity index is 332. The molecule has 0 saturated heterocycles. The molecule has 0 aromatic heterocycles. The SMILES string of the molecule is CCC(N)C(=O)O.CCC(N)C(=O)O.CCC(N)C(=O)O.OCC(O)CO. The first-order chi connectivity index (χ1) is 12.4. The summed E-state index contributed by atoms with van der Waals surface area (Å²) in [7, 11) is 0. The molecule has 0 aliphatic heterocycles. The second-order valence-corrected chi connectivity index (χ2v) is 5.08. The molecule has 0 aliphatic rings. The van der Waals surface area contributed by atoms with Crippen molar-refractivity contribution >= 4 is 17.9 Å². The highest BCUT2D eigenvalue weighted by Gasteiger charge is 2.06. The second kappa shape index (κ2) is 22.2. The van der Waals surface area contributed by atoms with E-state index >= 15 is 0 Å². The lowest BCUT2D eigenvalue weighted by molar-refractivity contribution is -0.139. The fourth-order valence-electron chi connectivity index (χ4n) is 0.582. The van der Waals surface area contributed by atoms with Gasteiger partial charge in [0.15, 0.2) is 0 Å². The van der Waals surface area contributed by atoms with Gasteiger partial charge in [-0.25, -0.2) is 0 Å². The lowest BCUT2D eigenvalue weighted by Crippen LogP contribution is -2.28. The molecular formula is C15H35N3O9. The first kappa shape index (κ1) is 32.8. The normalized spacial score (nSPS) is 12.7. The molecule has 164 valence electrons. The highest BCUT2D eigenvalue weighted by Crippen LogP contribution is 1.83. The van der Waals surface area contributed by atoms with Gasteiger partial charge in [0, 0.05) is 0 Å². The predicted molar refractivity (Wildman–Crippen MR) is 97.9 cm³/mol. The summed E-state index contributed by atoms with van der Waals surface area (Å²) in [5.74, 6) is -2.78. The Kier molecular flexibility index (Phi) is 27.0. The fraction of sp³-hybridized carbons (Fsp3) is 0.800. The van der Waals surface area contributed by atoms with Crippen LogP contribution in [0.3, 0.4) is 0 Å². The molecule has 12 heteroatoms. The van der Waals surface area contributed by atoms with Gasteiger partial charge in [0.1, 0.15) is 24.2 Å². The molecule has 0 aromatic carbocycles. The van der Waals surface area contributed by atoms with Crippen molar-refractivity contribution in [2.24, 2.45) is 17.2 Å². The average molecular weight is 401 g/mol. The van der Waals surface area contributed by atoms with Crippen molar-refractivity contribution in [1.29, 1.82) is 0 Å². The van der Waals surface area contributed by atoms with Crippen LogP contribution in [0.2, 0.25) is 0 Å². The summed E-state index contributed by atoms with van der Waals surface area (Å²) in [4.78, 5) is 29.4. The molecule has 3 unspecified atom stereocenters. The highest BCUT2D eigenvalue weighted by atomic mass is 16.4. The van der Waals surface area contributed by atoms with Crippen LogP contribution in [0.25, 0.3) is 0 Å². The minimum atomic E-state index is -0.954. The summed E-state index contributed by atoms with van der Waals surface area (Å²) in [5.41, 5.74) is 15.0. The van der Waals surface area contributed by atoms with Crippen molar-refractivity contribution in [2.75, 3.05) is 13.2 Å². The van der Waals surface area contributed by atoms with Gasteiger partial charge in [0.05, 0.1) is 13.2 Å². The number of carbonyl (C=O) groups is 3. The lowest BCUT2D eigenvalue weighted by atomic mass is 10.2. The number of carboxylic acid groups (broad SMARTS) is 3. The Morgan fingerprint density at radius 1 is 0.667 bits per heavy atom. The zero-order chi connectivity index (χ0) is 22.6. The molecule has 0 aliphatic carbocycles. The maximum atomic E-state index is 9.81. The van der Waals surface area contributed by atoms with Gasteiger partial charge in [0.2, 0.25) is 0 Å². The largest absolute Gasteiger partial charge is 0.480 e. The van der Waals surface area contributed by atoms with Crippen LogP contribution in [0.1, 0.15) is 40.0 Å². The molecule has 0 aromatic rings. The molecule has 0 saturated carbocycles. The van der Waals surface area contributed by atoms with Crippen LogP contribution in [0.5, 0.6) is 0 Å². The van der Waals surface area contributed by atoms with Gasteiger partial charge in [-0.3, -0.25) is 14.4 Å². The monoisotopic (exact) mass is 401 g/mol. The van der Waals surface area contributed by atoms with Crippen molar-refractivity contribution in [2.45, 2.75) is 64.3 Å². The third-order valence-corrected chi connectivity index (χ3v) is 2.69. The quantitative estimate of drug-likeness (QED) is 0.209. The number of carboxylic acids is 3. The van der Waals surface area contributed by atoms with Gasteiger partial charge in [-0.15, -0.1) is 0 Å². The molecule has 0 rings (SSSR count). The smallest absolute Gasteiger partial charge is 0.320 e. The molecule has 0 amide bonds. The molecule has 12 nitrogen and oxygen atoms in total. The Morgan fingerprint density at radius 3 is 0.852 bits per heavy atom. The number of hydrogen-bond donors (Lipinski definition) is 9. The first-order valence-corrected chi connectivity index (χ1v) is 8.20. The van der Waals surface area contributed by atoms with Crippen molar-refractivity contribution in [1.82, 2.24) is 0 Å². The fourth-order valence-corrected chi connectivity index (χ4v) is 0.582. The van der Waals surface area contributed by atoms with E-state index in [0.717, 1.165) is 0 Å². The molecule has 0 spiro atoms. The number of hydrogen-bond acceptors (Lipinski definition) is 9. The van der Waals surface area contributed by atoms with Gasteiger partial charge in [-0.1, -0.05) is 20.8 Å². The first-order valence-electron chi connectivity index (χ1n) is 8.20. The number of aliphatic carboxylic acids is 3. The van der Waals surface area contributed by atoms with Gasteiger partial charge in [-0.05, 0) is 19.3 Å². The molecule has 3 atom stereocenters. The van der Waals surface area contributed by atoms with Crippen LogP contribution in [0, 0.1) is 0 Å². The average Bonchev–Trinajstić information content (AvgIpc) is 2.66. The molecule has 0 fully saturated rings. The molecule has 27 heavy (non-hydrogen) atoms. The van der Waals surface area contributed by atoms with E-state index in [2.05, 4.69) is 0 Å². The van der Waals surface area contributed by atoms with Gasteiger partial charge < -0.3 is 47.8 Å². The van der Waals surface area contributed by atoms with E-state index in [0.29, 0.717) is 19.3 Å². The predicted octanol–water partition coefficient (Wildman–Crippen LogP) is -2.24. The summed E-state index contributed by atoms with van der Waals surface area (Å²) < 4.78 is 0. The van der Waals surface area contributed by atoms with Crippen LogP contribution in [0.4, 0.5) is 0 Å². The summed E-state index contributed by atoms with van der Waals surface area (Å²) in [5, 5.41) is 48.2. The zero-order valence-electron chi connectivity index (χ0n) is 16.0. The van der Waals surface area contributed by atoms with E-state index in [1.807, 2.05) is 0 Å². The summed E-state index contributed by atoms with van der Waals surface area (Å²) in [6.45, 7) is 4.48. The van der Waals surface area contributed by atoms with E-state index in [1.54, 1.807) is 20.8 Å². The number of aliphatic hydroxyl groups excluding tert-OH is 3. The summed E-state index contributed by atoms with van der Waals surface area (Å²) in [6, 6.07) is -2.04. The minimum Gasteiger partial charge on any atom is -0.480 e. The Morgan fingerprint density at radius 2 is 0.852 bits per heavy atom. The minimum absolute atomic E-state index is 0.365. The zero-order valence-corrected chi connectivity index (χ0v) is 16.0. The molecule has 0 heterocycles. The topological polar surface area (TPSA) is 251 Å². The van der Waals surface area contributed by atoms with Crippen molar-refractivity contribution in [3.8, 4) is 0 Å². The number of aliphatic hydroxyl groups is 3. The molecule has 12 N–H and O–H groups in total. The highest BCUT2D eigenvalue weighted by molar-refractivity contribution is 5.73. The van der Waals surface area contributed by atoms with Crippen molar-refractivity contribution < 1.29 is 45.0 Å². The van der Waals surface area contributed by atoms with Crippen LogP contribution in [-0.2, 0) is 14.4 Å². The van der Waals surface area contributed by atoms with E-state index in [9.17, 15) is 14.4 Å². The summed E-state index contributed by atoms with van der Waals surface area (Å²) >= 11 is 0. The lowest BCUT2D eigenvalue weighted by Gasteiger charge is -1.97. The maximum Gasteiger partial charge on any atom is 0.320 e.